The van der Waals surface area contributed by atoms with Crippen LogP contribution in [-0.2, 0) is 4.79 Å². The molecule has 9 nitrogen and oxygen atoms in total. The fraction of sp³-hybridized carbons (Fsp3) is 0.500. The fourth-order valence-corrected chi connectivity index (χ4v) is 4.02. The zero-order valence-corrected chi connectivity index (χ0v) is 16.4. The van der Waals surface area contributed by atoms with E-state index in [1.165, 1.54) is 0 Å². The Bertz CT molecular complexity index is 1010. The lowest BCUT2D eigenvalue weighted by molar-refractivity contribution is -0.115. The summed E-state index contributed by atoms with van der Waals surface area (Å²) >= 11 is 0. The van der Waals surface area contributed by atoms with Gasteiger partial charge in [-0.3, -0.25) is 10.1 Å². The molecule has 9 heteroatoms. The third-order valence-corrected chi connectivity index (χ3v) is 5.84. The van der Waals surface area contributed by atoms with Crippen molar-refractivity contribution in [2.45, 2.75) is 44.1 Å². The van der Waals surface area contributed by atoms with E-state index in [9.17, 15) is 9.59 Å². The third kappa shape index (κ3) is 3.69. The predicted octanol–water partition coefficient (Wildman–Crippen LogP) is 1.68. The zero-order valence-electron chi connectivity index (χ0n) is 16.4. The second-order valence-electron chi connectivity index (χ2n) is 8.22. The highest BCUT2D eigenvalue weighted by molar-refractivity contribution is 6.14. The molecule has 0 radical (unpaired) electrons. The number of urea groups is 1. The molecule has 2 aromatic rings. The number of carbonyl (C=O) groups is 2. The van der Waals surface area contributed by atoms with Crippen LogP contribution in [0.25, 0.3) is 11.7 Å². The van der Waals surface area contributed by atoms with Gasteiger partial charge >= 0.3 is 6.03 Å². The SMILES string of the molecule is CN1CCCC(c2cc(NC3CC3)n3ncc(/C=C4\NC(=O)NC4=O)c3n2)CC1. The van der Waals surface area contributed by atoms with Gasteiger partial charge in [0.1, 0.15) is 11.5 Å². The summed E-state index contributed by atoms with van der Waals surface area (Å²) in [6, 6.07) is 2.11. The van der Waals surface area contributed by atoms with Crippen molar-refractivity contribution in [3.8, 4) is 0 Å². The number of amides is 3. The van der Waals surface area contributed by atoms with E-state index in [2.05, 4.69) is 39.1 Å². The van der Waals surface area contributed by atoms with Crippen molar-refractivity contribution in [3.63, 3.8) is 0 Å². The lowest BCUT2D eigenvalue weighted by atomic mass is 9.96. The zero-order chi connectivity index (χ0) is 20.0. The number of carbonyl (C=O) groups excluding carboxylic acids is 2. The van der Waals surface area contributed by atoms with Crippen LogP contribution in [-0.4, -0.2) is 57.6 Å². The maximum Gasteiger partial charge on any atom is 0.326 e. The smallest absolute Gasteiger partial charge is 0.326 e. The number of hydrogen-bond donors (Lipinski definition) is 3. The highest BCUT2D eigenvalue weighted by Gasteiger charge is 2.26. The molecule has 2 saturated heterocycles. The van der Waals surface area contributed by atoms with Crippen molar-refractivity contribution in [3.05, 3.63) is 29.2 Å². The van der Waals surface area contributed by atoms with Gasteiger partial charge in [-0.25, -0.2) is 9.78 Å². The van der Waals surface area contributed by atoms with Gasteiger partial charge in [0.15, 0.2) is 5.65 Å². The molecule has 0 spiro atoms. The molecule has 2 aliphatic heterocycles. The van der Waals surface area contributed by atoms with Gasteiger partial charge in [-0.15, -0.1) is 0 Å². The number of fused-ring (bicyclic) bond motifs is 1. The van der Waals surface area contributed by atoms with Crippen molar-refractivity contribution in [2.24, 2.45) is 0 Å². The normalized spacial score (nSPS) is 24.6. The molecular formula is C20H25N7O2. The fourth-order valence-electron chi connectivity index (χ4n) is 4.02. The van der Waals surface area contributed by atoms with Gasteiger partial charge in [0, 0.05) is 29.3 Å². The van der Waals surface area contributed by atoms with Crippen molar-refractivity contribution in [1.82, 2.24) is 30.1 Å². The summed E-state index contributed by atoms with van der Waals surface area (Å²) in [6.45, 7) is 2.18. The van der Waals surface area contributed by atoms with E-state index in [0.29, 0.717) is 23.2 Å². The number of imide groups is 1. The number of anilines is 1. The highest BCUT2D eigenvalue weighted by Crippen LogP contribution is 2.31. The molecule has 152 valence electrons. The van der Waals surface area contributed by atoms with E-state index in [1.807, 2.05) is 0 Å². The highest BCUT2D eigenvalue weighted by atomic mass is 16.2. The second kappa shape index (κ2) is 7.14. The van der Waals surface area contributed by atoms with Gasteiger partial charge in [-0.2, -0.15) is 9.61 Å². The molecular weight excluding hydrogens is 370 g/mol. The van der Waals surface area contributed by atoms with Gasteiger partial charge < -0.3 is 15.5 Å². The Morgan fingerprint density at radius 1 is 1.17 bits per heavy atom. The Hall–Kier alpha value is -2.94. The van der Waals surface area contributed by atoms with Crippen LogP contribution < -0.4 is 16.0 Å². The third-order valence-electron chi connectivity index (χ3n) is 5.84. The Morgan fingerprint density at radius 3 is 2.79 bits per heavy atom. The lowest BCUT2D eigenvalue weighted by Gasteiger charge is -2.17. The lowest BCUT2D eigenvalue weighted by Crippen LogP contribution is -2.22. The molecule has 4 heterocycles. The average molecular weight is 395 g/mol. The van der Waals surface area contributed by atoms with Crippen LogP contribution in [0.5, 0.6) is 0 Å². The predicted molar refractivity (Wildman–Crippen MR) is 108 cm³/mol. The number of nitrogens with zero attached hydrogens (tertiary/aromatic N) is 4. The summed E-state index contributed by atoms with van der Waals surface area (Å²) in [4.78, 5) is 30.7. The van der Waals surface area contributed by atoms with E-state index in [0.717, 1.165) is 56.7 Å². The molecule has 1 aliphatic carbocycles. The molecule has 1 saturated carbocycles. The summed E-state index contributed by atoms with van der Waals surface area (Å²) in [5, 5.41) is 12.8. The standard InChI is InChI=1S/C20H25N7O2/c1-26-7-2-3-12(6-8-26)15-10-17(22-14-4-5-14)27-18(23-15)13(11-21-27)9-16-19(28)25-20(29)24-16/h9-12,14,22H,2-8H2,1H3,(H2,24,25,28,29)/b16-9-. The van der Waals surface area contributed by atoms with Crippen molar-refractivity contribution >= 4 is 29.5 Å². The maximum atomic E-state index is 11.9. The Labute approximate surface area is 168 Å². The molecule has 3 aliphatic rings. The molecule has 1 atom stereocenters. The quantitative estimate of drug-likeness (QED) is 0.538. The largest absolute Gasteiger partial charge is 0.367 e. The van der Waals surface area contributed by atoms with Crippen LogP contribution in [0.1, 0.15) is 49.3 Å². The summed E-state index contributed by atoms with van der Waals surface area (Å²) < 4.78 is 1.80. The van der Waals surface area contributed by atoms with Crippen molar-refractivity contribution in [1.29, 1.82) is 0 Å². The summed E-state index contributed by atoms with van der Waals surface area (Å²) in [5.41, 5.74) is 2.69. The minimum atomic E-state index is -0.509. The minimum absolute atomic E-state index is 0.213. The first-order valence-electron chi connectivity index (χ1n) is 10.2. The first kappa shape index (κ1) is 18.1. The molecule has 2 aromatic heterocycles. The van der Waals surface area contributed by atoms with Crippen LogP contribution in [0.2, 0.25) is 0 Å². The second-order valence-corrected chi connectivity index (χ2v) is 8.22. The van der Waals surface area contributed by atoms with Gasteiger partial charge in [0.25, 0.3) is 5.91 Å². The van der Waals surface area contributed by atoms with Crippen LogP contribution in [0.15, 0.2) is 18.0 Å². The van der Waals surface area contributed by atoms with Gasteiger partial charge in [0.2, 0.25) is 0 Å². The van der Waals surface area contributed by atoms with Gasteiger partial charge in [-0.1, -0.05) is 0 Å². The van der Waals surface area contributed by atoms with Crippen LogP contribution in [0.3, 0.4) is 0 Å². The first-order valence-corrected chi connectivity index (χ1v) is 10.2. The molecule has 3 N–H and O–H groups in total. The van der Waals surface area contributed by atoms with Crippen LogP contribution in [0.4, 0.5) is 10.6 Å². The monoisotopic (exact) mass is 395 g/mol. The number of likely N-dealkylation sites (tertiary alicyclic amines) is 1. The van der Waals surface area contributed by atoms with E-state index in [4.69, 9.17) is 4.98 Å². The maximum absolute atomic E-state index is 11.9. The molecule has 3 fully saturated rings. The number of rotatable bonds is 4. The molecule has 3 amide bonds. The molecule has 5 rings (SSSR count). The van der Waals surface area contributed by atoms with Crippen LogP contribution in [0, 0.1) is 0 Å². The minimum Gasteiger partial charge on any atom is -0.367 e. The topological polar surface area (TPSA) is 104 Å². The number of aromatic nitrogens is 3. The van der Waals surface area contributed by atoms with E-state index in [-0.39, 0.29) is 5.70 Å². The Balaban J connectivity index is 1.56. The van der Waals surface area contributed by atoms with Crippen LogP contribution >= 0.6 is 0 Å². The van der Waals surface area contributed by atoms with Gasteiger partial charge in [0.05, 0.1) is 6.20 Å². The summed E-state index contributed by atoms with van der Waals surface area (Å²) in [7, 11) is 2.17. The Kier molecular flexibility index (Phi) is 4.46. The first-order chi connectivity index (χ1) is 14.1. The average Bonchev–Trinajstić information content (AvgIpc) is 3.38. The van der Waals surface area contributed by atoms with Crippen molar-refractivity contribution in [2.75, 3.05) is 25.5 Å². The number of hydrogen-bond acceptors (Lipinski definition) is 6. The summed E-state index contributed by atoms with van der Waals surface area (Å²) in [6.07, 6.45) is 9.00. The van der Waals surface area contributed by atoms with E-state index < -0.39 is 11.9 Å². The van der Waals surface area contributed by atoms with Gasteiger partial charge in [-0.05, 0) is 58.3 Å². The Morgan fingerprint density at radius 2 is 2.03 bits per heavy atom. The number of nitrogens with one attached hydrogen (secondary N) is 3. The molecule has 1 unspecified atom stereocenters. The molecule has 0 aromatic carbocycles. The molecule has 29 heavy (non-hydrogen) atoms. The molecule has 0 bridgehead atoms. The van der Waals surface area contributed by atoms with Crippen molar-refractivity contribution < 1.29 is 9.59 Å². The summed E-state index contributed by atoms with van der Waals surface area (Å²) in [5.74, 6) is 0.901. The van der Waals surface area contributed by atoms with E-state index >= 15 is 0 Å². The van der Waals surface area contributed by atoms with E-state index in [1.54, 1.807) is 16.8 Å².